The Morgan fingerprint density at radius 3 is 2.67 bits per heavy atom. The lowest BCUT2D eigenvalue weighted by Crippen LogP contribution is -2.46. The van der Waals surface area contributed by atoms with Crippen LogP contribution in [0.2, 0.25) is 0 Å². The molecule has 2 aromatic rings. The van der Waals surface area contributed by atoms with Crippen LogP contribution in [0.3, 0.4) is 0 Å². The van der Waals surface area contributed by atoms with Crippen molar-refractivity contribution >= 4 is 27.5 Å². The zero-order valence-corrected chi connectivity index (χ0v) is 15.5. The number of thiophene rings is 1. The number of nitrogens with one attached hydrogen (secondary N) is 1. The van der Waals surface area contributed by atoms with Gasteiger partial charge in [-0.3, -0.25) is 0 Å². The fraction of sp³-hybridized carbons (Fsp3) is 0.526. The highest BCUT2D eigenvalue weighted by Crippen LogP contribution is 2.25. The average molecular weight is 346 g/mol. The predicted molar refractivity (Wildman–Crippen MR) is 99.5 cm³/mol. The van der Waals surface area contributed by atoms with Crippen LogP contribution in [0.4, 0.5) is 4.79 Å². The van der Waals surface area contributed by atoms with Crippen LogP contribution in [0.15, 0.2) is 30.3 Å². The topological polar surface area (TPSA) is 41.6 Å². The summed E-state index contributed by atoms with van der Waals surface area (Å²) in [6, 6.07) is 11.2. The van der Waals surface area contributed by atoms with Crippen LogP contribution >= 0.6 is 11.3 Å². The summed E-state index contributed by atoms with van der Waals surface area (Å²) in [4.78, 5) is 15.3. The monoisotopic (exact) mass is 346 g/mol. The normalized spacial score (nSPS) is 16.5. The Balaban J connectivity index is 1.46. The molecule has 0 atom stereocenters. The summed E-state index contributed by atoms with van der Waals surface area (Å²) in [5, 5.41) is 4.96. The second-order valence-corrected chi connectivity index (χ2v) is 8.54. The van der Waals surface area contributed by atoms with Gasteiger partial charge in [-0.25, -0.2) is 4.79 Å². The zero-order chi connectivity index (χ0) is 17.2. The summed E-state index contributed by atoms with van der Waals surface area (Å²) >= 11 is 1.85. The molecule has 24 heavy (non-hydrogen) atoms. The van der Waals surface area contributed by atoms with Crippen molar-refractivity contribution in [3.8, 4) is 0 Å². The van der Waals surface area contributed by atoms with E-state index in [2.05, 4.69) is 35.6 Å². The number of likely N-dealkylation sites (tertiary alicyclic amines) is 1. The van der Waals surface area contributed by atoms with E-state index in [1.165, 1.54) is 15.0 Å². The molecule has 0 aliphatic carbocycles. The van der Waals surface area contributed by atoms with Gasteiger partial charge in [0.1, 0.15) is 5.60 Å². The Kier molecular flexibility index (Phi) is 5.11. The Bertz CT molecular complexity index is 664. The average Bonchev–Trinajstić information content (AvgIpc) is 2.94. The van der Waals surface area contributed by atoms with Gasteiger partial charge in [0, 0.05) is 35.3 Å². The molecule has 1 N–H and O–H groups in total. The van der Waals surface area contributed by atoms with Gasteiger partial charge >= 0.3 is 6.09 Å². The van der Waals surface area contributed by atoms with Crippen LogP contribution in [0.25, 0.3) is 10.1 Å². The largest absolute Gasteiger partial charge is 0.444 e. The molecule has 1 aliphatic heterocycles. The van der Waals surface area contributed by atoms with E-state index in [-0.39, 0.29) is 6.09 Å². The number of hydrogen-bond acceptors (Lipinski definition) is 4. The van der Waals surface area contributed by atoms with Gasteiger partial charge in [0.25, 0.3) is 0 Å². The summed E-state index contributed by atoms with van der Waals surface area (Å²) in [6.45, 7) is 8.15. The van der Waals surface area contributed by atoms with Crippen molar-refractivity contribution in [2.75, 3.05) is 13.1 Å². The first-order chi connectivity index (χ1) is 11.4. The number of benzene rings is 1. The smallest absolute Gasteiger partial charge is 0.410 e. The van der Waals surface area contributed by atoms with Crippen molar-refractivity contribution in [3.05, 3.63) is 35.2 Å². The number of hydrogen-bond donors (Lipinski definition) is 1. The standard InChI is InChI=1S/C19H26N2O2S/c1-19(2,3)23-18(22)21-10-8-15(9-11-21)20-13-16-12-14-6-4-5-7-17(14)24-16/h4-7,12,15,20H,8-11,13H2,1-3H3. The molecule has 1 aromatic heterocycles. The number of fused-ring (bicyclic) bond motifs is 1. The van der Waals surface area contributed by atoms with Crippen molar-refractivity contribution in [1.82, 2.24) is 10.2 Å². The molecular formula is C19H26N2O2S. The fourth-order valence-corrected chi connectivity index (χ4v) is 3.98. The predicted octanol–water partition coefficient (Wildman–Crippen LogP) is 4.39. The number of nitrogens with zero attached hydrogens (tertiary/aromatic N) is 1. The first-order valence-electron chi connectivity index (χ1n) is 8.59. The van der Waals surface area contributed by atoms with Gasteiger partial charge in [0.2, 0.25) is 0 Å². The van der Waals surface area contributed by atoms with Gasteiger partial charge in [-0.15, -0.1) is 11.3 Å². The molecule has 1 saturated heterocycles. The number of ether oxygens (including phenoxy) is 1. The molecular weight excluding hydrogens is 320 g/mol. The Hall–Kier alpha value is -1.59. The number of carbonyl (C=O) groups is 1. The van der Waals surface area contributed by atoms with Crippen molar-refractivity contribution in [1.29, 1.82) is 0 Å². The van der Waals surface area contributed by atoms with Crippen molar-refractivity contribution in [3.63, 3.8) is 0 Å². The summed E-state index contributed by atoms with van der Waals surface area (Å²) in [7, 11) is 0. The zero-order valence-electron chi connectivity index (χ0n) is 14.7. The number of piperidine rings is 1. The first-order valence-corrected chi connectivity index (χ1v) is 9.41. The summed E-state index contributed by atoms with van der Waals surface area (Å²) < 4.78 is 6.79. The molecule has 1 aliphatic rings. The van der Waals surface area contributed by atoms with Crippen LogP contribution in [0.1, 0.15) is 38.5 Å². The summed E-state index contributed by atoms with van der Waals surface area (Å²) in [6.07, 6.45) is 1.76. The molecule has 1 fully saturated rings. The number of carbonyl (C=O) groups excluding carboxylic acids is 1. The molecule has 0 saturated carbocycles. The molecule has 0 radical (unpaired) electrons. The lowest BCUT2D eigenvalue weighted by molar-refractivity contribution is 0.0198. The highest BCUT2D eigenvalue weighted by molar-refractivity contribution is 7.19. The number of amides is 1. The minimum atomic E-state index is -0.423. The molecule has 130 valence electrons. The van der Waals surface area contributed by atoms with E-state index in [0.29, 0.717) is 6.04 Å². The minimum Gasteiger partial charge on any atom is -0.444 e. The van der Waals surface area contributed by atoms with Gasteiger partial charge in [-0.05, 0) is 51.1 Å². The lowest BCUT2D eigenvalue weighted by atomic mass is 10.1. The van der Waals surface area contributed by atoms with E-state index < -0.39 is 5.60 Å². The highest BCUT2D eigenvalue weighted by Gasteiger charge is 2.26. The fourth-order valence-electron chi connectivity index (χ4n) is 2.96. The third-order valence-electron chi connectivity index (χ3n) is 4.19. The number of rotatable bonds is 3. The first kappa shape index (κ1) is 17.2. The summed E-state index contributed by atoms with van der Waals surface area (Å²) in [5.41, 5.74) is -0.423. The van der Waals surface area contributed by atoms with Crippen molar-refractivity contribution in [2.24, 2.45) is 0 Å². The second-order valence-electron chi connectivity index (χ2n) is 7.37. The second kappa shape index (κ2) is 7.11. The lowest BCUT2D eigenvalue weighted by Gasteiger charge is -2.33. The van der Waals surface area contributed by atoms with E-state index in [1.807, 2.05) is 37.0 Å². The molecule has 0 unspecified atom stereocenters. The maximum atomic E-state index is 12.1. The quantitative estimate of drug-likeness (QED) is 0.896. The van der Waals surface area contributed by atoms with Gasteiger partial charge < -0.3 is 15.0 Å². The van der Waals surface area contributed by atoms with Gasteiger partial charge in [-0.1, -0.05) is 18.2 Å². The van der Waals surface area contributed by atoms with E-state index >= 15 is 0 Å². The third-order valence-corrected chi connectivity index (χ3v) is 5.30. The van der Waals surface area contributed by atoms with Gasteiger partial charge in [0.05, 0.1) is 0 Å². The third kappa shape index (κ3) is 4.48. The van der Waals surface area contributed by atoms with Crippen LogP contribution in [-0.2, 0) is 11.3 Å². The van der Waals surface area contributed by atoms with E-state index in [4.69, 9.17) is 4.74 Å². The Morgan fingerprint density at radius 2 is 2.00 bits per heavy atom. The van der Waals surface area contributed by atoms with Crippen LogP contribution in [-0.4, -0.2) is 35.7 Å². The maximum absolute atomic E-state index is 12.1. The van der Waals surface area contributed by atoms with Crippen LogP contribution < -0.4 is 5.32 Å². The molecule has 0 bridgehead atoms. The Morgan fingerprint density at radius 1 is 1.29 bits per heavy atom. The maximum Gasteiger partial charge on any atom is 0.410 e. The van der Waals surface area contributed by atoms with Crippen LogP contribution in [0, 0.1) is 0 Å². The minimum absolute atomic E-state index is 0.189. The molecule has 5 heteroatoms. The molecule has 1 amide bonds. The van der Waals surface area contributed by atoms with E-state index in [0.717, 1.165) is 32.5 Å². The van der Waals surface area contributed by atoms with E-state index in [1.54, 1.807) is 0 Å². The Labute approximate surface area is 147 Å². The molecule has 2 heterocycles. The molecule has 1 aromatic carbocycles. The van der Waals surface area contributed by atoms with Crippen molar-refractivity contribution in [2.45, 2.75) is 51.8 Å². The van der Waals surface area contributed by atoms with E-state index in [9.17, 15) is 4.79 Å². The molecule has 4 nitrogen and oxygen atoms in total. The SMILES string of the molecule is CC(C)(C)OC(=O)N1CCC(NCc2cc3ccccc3s2)CC1. The van der Waals surface area contributed by atoms with Gasteiger partial charge in [0.15, 0.2) is 0 Å². The molecule has 3 rings (SSSR count). The van der Waals surface area contributed by atoms with Crippen molar-refractivity contribution < 1.29 is 9.53 Å². The van der Waals surface area contributed by atoms with Gasteiger partial charge in [-0.2, -0.15) is 0 Å². The van der Waals surface area contributed by atoms with Crippen LogP contribution in [0.5, 0.6) is 0 Å². The molecule has 0 spiro atoms. The highest BCUT2D eigenvalue weighted by atomic mass is 32.1. The summed E-state index contributed by atoms with van der Waals surface area (Å²) in [5.74, 6) is 0.